The van der Waals surface area contributed by atoms with Gasteiger partial charge >= 0.3 is 0 Å². The number of hydrogen-bond donors (Lipinski definition) is 2. The first-order valence-corrected chi connectivity index (χ1v) is 6.56. The molecular formula is C12H18N4OS. The summed E-state index contributed by atoms with van der Waals surface area (Å²) in [6.07, 6.45) is 4.62. The highest BCUT2D eigenvalue weighted by Gasteiger charge is 2.34. The average Bonchev–Trinajstić information content (AvgIpc) is 3.07. The van der Waals surface area contributed by atoms with Crippen molar-refractivity contribution in [2.24, 2.45) is 18.7 Å². The first kappa shape index (κ1) is 13.0. The molecule has 0 radical (unpaired) electrons. The van der Waals surface area contributed by atoms with Gasteiger partial charge in [-0.3, -0.25) is 9.48 Å². The van der Waals surface area contributed by atoms with Crippen LogP contribution in [-0.4, -0.2) is 26.7 Å². The lowest BCUT2D eigenvalue weighted by molar-refractivity contribution is 0.0943. The Bertz CT molecular complexity index is 478. The van der Waals surface area contributed by atoms with Gasteiger partial charge in [0.2, 0.25) is 0 Å². The van der Waals surface area contributed by atoms with E-state index in [2.05, 4.69) is 10.4 Å². The summed E-state index contributed by atoms with van der Waals surface area (Å²) in [5.74, 6) is 0.276. The molecule has 1 heterocycles. The Morgan fingerprint density at radius 2 is 2.39 bits per heavy atom. The van der Waals surface area contributed by atoms with Gasteiger partial charge in [-0.1, -0.05) is 19.1 Å². The number of carbonyl (C=O) groups is 1. The van der Waals surface area contributed by atoms with Crippen LogP contribution >= 0.6 is 12.2 Å². The molecule has 6 heteroatoms. The Labute approximate surface area is 112 Å². The normalized spacial score (nSPS) is 16.3. The number of amides is 1. The molecule has 98 valence electrons. The number of nitrogens with two attached hydrogens (primary N) is 1. The van der Waals surface area contributed by atoms with Gasteiger partial charge in [0.05, 0.1) is 22.3 Å². The predicted octanol–water partition coefficient (Wildman–Crippen LogP) is 0.777. The largest absolute Gasteiger partial charge is 0.392 e. The van der Waals surface area contributed by atoms with E-state index >= 15 is 0 Å². The predicted molar refractivity (Wildman–Crippen MR) is 73.3 cm³/mol. The standard InChI is InChI=1S/C12H18N4OS/c1-3-9-8(6-16(2)15-9)12(17)14-10(11(13)18)7-4-5-7/h6-7,10H,3-5H2,1-2H3,(H2,13,18)(H,14,17). The molecule has 18 heavy (non-hydrogen) atoms. The number of nitrogens with zero attached hydrogens (tertiary/aromatic N) is 2. The lowest BCUT2D eigenvalue weighted by Gasteiger charge is -2.16. The van der Waals surface area contributed by atoms with Crippen molar-refractivity contribution in [1.82, 2.24) is 15.1 Å². The van der Waals surface area contributed by atoms with Gasteiger partial charge in [0.15, 0.2) is 0 Å². The molecule has 0 bridgehead atoms. The van der Waals surface area contributed by atoms with Crippen LogP contribution in [0.25, 0.3) is 0 Å². The monoisotopic (exact) mass is 266 g/mol. The van der Waals surface area contributed by atoms with Crippen LogP contribution in [0.3, 0.4) is 0 Å². The zero-order chi connectivity index (χ0) is 13.3. The molecule has 1 aromatic heterocycles. The molecule has 1 fully saturated rings. The maximum Gasteiger partial charge on any atom is 0.255 e. The SMILES string of the molecule is CCc1nn(C)cc1C(=O)NC(C(N)=S)C1CC1. The Balaban J connectivity index is 2.12. The second-order valence-corrected chi connectivity index (χ2v) is 5.18. The molecule has 0 aliphatic heterocycles. The van der Waals surface area contributed by atoms with Crippen molar-refractivity contribution in [3.8, 4) is 0 Å². The van der Waals surface area contributed by atoms with Crippen molar-refractivity contribution in [3.63, 3.8) is 0 Å². The van der Waals surface area contributed by atoms with Gasteiger partial charge in [-0.05, 0) is 25.2 Å². The summed E-state index contributed by atoms with van der Waals surface area (Å²) in [6.45, 7) is 1.98. The highest BCUT2D eigenvalue weighted by atomic mass is 32.1. The summed E-state index contributed by atoms with van der Waals surface area (Å²) in [5.41, 5.74) is 7.09. The van der Waals surface area contributed by atoms with Crippen LogP contribution in [0.1, 0.15) is 35.8 Å². The molecule has 1 unspecified atom stereocenters. The van der Waals surface area contributed by atoms with Gasteiger partial charge in [0.25, 0.3) is 5.91 Å². The third kappa shape index (κ3) is 2.69. The summed E-state index contributed by atoms with van der Waals surface area (Å²) in [7, 11) is 1.81. The van der Waals surface area contributed by atoms with Crippen molar-refractivity contribution in [1.29, 1.82) is 0 Å². The number of rotatable bonds is 5. The molecule has 1 aliphatic carbocycles. The maximum absolute atomic E-state index is 12.2. The van der Waals surface area contributed by atoms with Crippen molar-refractivity contribution in [2.45, 2.75) is 32.2 Å². The number of thiocarbonyl (C=S) groups is 1. The molecule has 1 saturated carbocycles. The molecule has 1 aliphatic rings. The zero-order valence-corrected chi connectivity index (χ0v) is 11.5. The van der Waals surface area contributed by atoms with Gasteiger partial charge < -0.3 is 11.1 Å². The fraction of sp³-hybridized carbons (Fsp3) is 0.583. The van der Waals surface area contributed by atoms with E-state index in [-0.39, 0.29) is 11.9 Å². The molecule has 0 spiro atoms. The van der Waals surface area contributed by atoms with Crippen molar-refractivity contribution in [2.75, 3.05) is 0 Å². The van der Waals surface area contributed by atoms with Crippen LogP contribution in [-0.2, 0) is 13.5 Å². The van der Waals surface area contributed by atoms with Crippen LogP contribution in [0.5, 0.6) is 0 Å². The smallest absolute Gasteiger partial charge is 0.255 e. The molecule has 2 rings (SSSR count). The molecule has 0 aromatic carbocycles. The van der Waals surface area contributed by atoms with E-state index in [1.165, 1.54) is 0 Å². The van der Waals surface area contributed by atoms with Gasteiger partial charge in [0, 0.05) is 13.2 Å². The van der Waals surface area contributed by atoms with Crippen LogP contribution in [0, 0.1) is 5.92 Å². The summed E-state index contributed by atoms with van der Waals surface area (Å²) in [6, 6.07) is -0.183. The average molecular weight is 266 g/mol. The number of nitrogens with one attached hydrogen (secondary N) is 1. The summed E-state index contributed by atoms with van der Waals surface area (Å²) in [5, 5.41) is 7.18. The topological polar surface area (TPSA) is 72.9 Å². The lowest BCUT2D eigenvalue weighted by Crippen LogP contribution is -2.45. The molecule has 5 nitrogen and oxygen atoms in total. The number of aromatic nitrogens is 2. The van der Waals surface area contributed by atoms with Crippen molar-refractivity contribution in [3.05, 3.63) is 17.5 Å². The van der Waals surface area contributed by atoms with E-state index in [0.29, 0.717) is 16.5 Å². The van der Waals surface area contributed by atoms with Crippen LogP contribution in [0.4, 0.5) is 0 Å². The third-order valence-corrected chi connectivity index (χ3v) is 3.43. The maximum atomic E-state index is 12.2. The van der Waals surface area contributed by atoms with Crippen LogP contribution < -0.4 is 11.1 Å². The fourth-order valence-electron chi connectivity index (χ4n) is 2.06. The molecular weight excluding hydrogens is 248 g/mol. The minimum atomic E-state index is -0.183. The summed E-state index contributed by atoms with van der Waals surface area (Å²) < 4.78 is 1.65. The van der Waals surface area contributed by atoms with E-state index in [9.17, 15) is 4.79 Å². The summed E-state index contributed by atoms with van der Waals surface area (Å²) >= 11 is 5.01. The van der Waals surface area contributed by atoms with E-state index in [0.717, 1.165) is 25.0 Å². The van der Waals surface area contributed by atoms with Crippen LogP contribution in [0.2, 0.25) is 0 Å². The van der Waals surface area contributed by atoms with Gasteiger partial charge in [-0.15, -0.1) is 0 Å². The molecule has 1 amide bonds. The molecule has 0 saturated heterocycles. The number of aryl methyl sites for hydroxylation is 2. The van der Waals surface area contributed by atoms with E-state index in [4.69, 9.17) is 18.0 Å². The Kier molecular flexibility index (Phi) is 3.65. The Hall–Kier alpha value is -1.43. The molecule has 1 aromatic rings. The van der Waals surface area contributed by atoms with Crippen molar-refractivity contribution < 1.29 is 4.79 Å². The third-order valence-electron chi connectivity index (χ3n) is 3.17. The Morgan fingerprint density at radius 1 is 1.72 bits per heavy atom. The second kappa shape index (κ2) is 5.06. The minimum Gasteiger partial charge on any atom is -0.392 e. The fourth-order valence-corrected chi connectivity index (χ4v) is 2.31. The summed E-state index contributed by atoms with van der Waals surface area (Å²) in [4.78, 5) is 12.6. The van der Waals surface area contributed by atoms with Crippen molar-refractivity contribution >= 4 is 23.1 Å². The highest BCUT2D eigenvalue weighted by molar-refractivity contribution is 7.80. The first-order chi connectivity index (χ1) is 8.52. The van der Waals surface area contributed by atoms with E-state index in [1.807, 2.05) is 14.0 Å². The van der Waals surface area contributed by atoms with Crippen LogP contribution in [0.15, 0.2) is 6.20 Å². The Morgan fingerprint density at radius 3 is 2.89 bits per heavy atom. The second-order valence-electron chi connectivity index (χ2n) is 4.71. The van der Waals surface area contributed by atoms with Gasteiger partial charge in [0.1, 0.15) is 0 Å². The quantitative estimate of drug-likeness (QED) is 0.772. The minimum absolute atomic E-state index is 0.135. The van der Waals surface area contributed by atoms with Gasteiger partial charge in [-0.25, -0.2) is 0 Å². The molecule has 3 N–H and O–H groups in total. The number of hydrogen-bond acceptors (Lipinski definition) is 3. The van der Waals surface area contributed by atoms with E-state index in [1.54, 1.807) is 10.9 Å². The molecule has 1 atom stereocenters. The highest BCUT2D eigenvalue weighted by Crippen LogP contribution is 2.33. The van der Waals surface area contributed by atoms with Gasteiger partial charge in [-0.2, -0.15) is 5.10 Å². The van der Waals surface area contributed by atoms with E-state index < -0.39 is 0 Å². The lowest BCUT2D eigenvalue weighted by atomic mass is 10.1. The first-order valence-electron chi connectivity index (χ1n) is 6.15. The zero-order valence-electron chi connectivity index (χ0n) is 10.6. The number of carbonyl (C=O) groups excluding carboxylic acids is 1.